The summed E-state index contributed by atoms with van der Waals surface area (Å²) in [6.07, 6.45) is 2.19. The van der Waals surface area contributed by atoms with E-state index >= 15 is 0 Å². The molecule has 0 aliphatic heterocycles. The number of nitrogens with one attached hydrogen (secondary N) is 1. The van der Waals surface area contributed by atoms with Crippen LogP contribution in [0.2, 0.25) is 0 Å². The van der Waals surface area contributed by atoms with Crippen molar-refractivity contribution in [3.63, 3.8) is 0 Å². The molecule has 1 aliphatic carbocycles. The molecule has 2 rings (SSSR count). The van der Waals surface area contributed by atoms with Crippen molar-refractivity contribution in [3.8, 4) is 0 Å². The Balaban J connectivity index is 2.21. The van der Waals surface area contributed by atoms with Crippen molar-refractivity contribution in [2.75, 3.05) is 12.3 Å². The molecular weight excluding hydrogens is 242 g/mol. The lowest BCUT2D eigenvalue weighted by Gasteiger charge is -2.40. The van der Waals surface area contributed by atoms with Crippen LogP contribution in [-0.2, 0) is 0 Å². The number of carbonyl (C=O) groups is 1. The number of nitrogen functional groups attached to an aromatic ring is 1. The Morgan fingerprint density at radius 3 is 2.56 bits per heavy atom. The van der Waals surface area contributed by atoms with E-state index in [1.807, 2.05) is 0 Å². The molecule has 1 amide bonds. The van der Waals surface area contributed by atoms with Gasteiger partial charge < -0.3 is 16.2 Å². The molecule has 0 bridgehead atoms. The Kier molecular flexibility index (Phi) is 3.21. The smallest absolute Gasteiger partial charge is 0.254 e. The third-order valence-electron chi connectivity index (χ3n) is 3.32. The number of hydrogen-bond donors (Lipinski definition) is 3. The van der Waals surface area contributed by atoms with Gasteiger partial charge in [0.1, 0.15) is 11.6 Å². The standard InChI is InChI=1S/C12H14F2N2O2/c13-8-5-9(14)10(15)4-7(8)11(18)16-12(6-17)2-1-3-12/h4-5,17H,1-3,6,15H2,(H,16,18). The number of benzene rings is 1. The molecule has 1 fully saturated rings. The maximum absolute atomic E-state index is 13.5. The molecule has 4 N–H and O–H groups in total. The van der Waals surface area contributed by atoms with Gasteiger partial charge in [-0.05, 0) is 25.3 Å². The van der Waals surface area contributed by atoms with Gasteiger partial charge in [-0.15, -0.1) is 0 Å². The van der Waals surface area contributed by atoms with E-state index in [0.717, 1.165) is 12.5 Å². The second-order valence-corrected chi connectivity index (χ2v) is 4.60. The lowest BCUT2D eigenvalue weighted by Crippen LogP contribution is -2.56. The fourth-order valence-corrected chi connectivity index (χ4v) is 1.97. The van der Waals surface area contributed by atoms with Gasteiger partial charge in [0.2, 0.25) is 0 Å². The van der Waals surface area contributed by atoms with Crippen LogP contribution < -0.4 is 11.1 Å². The quantitative estimate of drug-likeness (QED) is 0.711. The topological polar surface area (TPSA) is 75.4 Å². The predicted molar refractivity (Wildman–Crippen MR) is 61.9 cm³/mol. The Bertz CT molecular complexity index is 482. The van der Waals surface area contributed by atoms with Crippen molar-refractivity contribution < 1.29 is 18.7 Å². The zero-order valence-electron chi connectivity index (χ0n) is 9.67. The molecule has 6 heteroatoms. The van der Waals surface area contributed by atoms with Crippen molar-refractivity contribution in [3.05, 3.63) is 29.3 Å². The minimum absolute atomic E-state index is 0.197. The molecule has 0 aromatic heterocycles. The predicted octanol–water partition coefficient (Wildman–Crippen LogP) is 1.19. The van der Waals surface area contributed by atoms with E-state index in [-0.39, 0.29) is 17.9 Å². The van der Waals surface area contributed by atoms with E-state index in [1.54, 1.807) is 0 Å². The SMILES string of the molecule is Nc1cc(C(=O)NC2(CO)CCC2)c(F)cc1F. The summed E-state index contributed by atoms with van der Waals surface area (Å²) in [6.45, 7) is -0.197. The van der Waals surface area contributed by atoms with E-state index in [2.05, 4.69) is 5.32 Å². The summed E-state index contributed by atoms with van der Waals surface area (Å²) in [5.41, 5.74) is 4.03. The normalized spacial score (nSPS) is 17.1. The highest BCUT2D eigenvalue weighted by atomic mass is 19.1. The molecule has 0 atom stereocenters. The molecule has 1 aromatic carbocycles. The largest absolute Gasteiger partial charge is 0.396 e. The molecule has 0 spiro atoms. The average molecular weight is 256 g/mol. The van der Waals surface area contributed by atoms with Crippen LogP contribution in [0, 0.1) is 11.6 Å². The summed E-state index contributed by atoms with van der Waals surface area (Å²) in [6, 6.07) is 1.54. The average Bonchev–Trinajstić information content (AvgIpc) is 2.28. The molecule has 4 nitrogen and oxygen atoms in total. The van der Waals surface area contributed by atoms with Gasteiger partial charge in [0.15, 0.2) is 0 Å². The van der Waals surface area contributed by atoms with Crippen LogP contribution in [0.25, 0.3) is 0 Å². The number of aliphatic hydroxyl groups excluding tert-OH is 1. The van der Waals surface area contributed by atoms with Gasteiger partial charge in [0, 0.05) is 6.07 Å². The molecule has 18 heavy (non-hydrogen) atoms. The number of nitrogens with two attached hydrogens (primary N) is 1. The lowest BCUT2D eigenvalue weighted by molar-refractivity contribution is 0.0638. The summed E-state index contributed by atoms with van der Waals surface area (Å²) in [4.78, 5) is 11.9. The van der Waals surface area contributed by atoms with Crippen LogP contribution in [-0.4, -0.2) is 23.2 Å². The minimum Gasteiger partial charge on any atom is -0.396 e. The number of halogens is 2. The molecule has 1 aliphatic rings. The summed E-state index contributed by atoms with van der Waals surface area (Å²) in [5, 5.41) is 11.8. The highest BCUT2D eigenvalue weighted by Crippen LogP contribution is 2.31. The van der Waals surface area contributed by atoms with Gasteiger partial charge in [-0.1, -0.05) is 0 Å². The van der Waals surface area contributed by atoms with Crippen molar-refractivity contribution in [2.45, 2.75) is 24.8 Å². The maximum atomic E-state index is 13.5. The first-order valence-electron chi connectivity index (χ1n) is 5.65. The Morgan fingerprint density at radius 2 is 2.06 bits per heavy atom. The van der Waals surface area contributed by atoms with Crippen LogP contribution in [0.5, 0.6) is 0 Å². The highest BCUT2D eigenvalue weighted by Gasteiger charge is 2.38. The second-order valence-electron chi connectivity index (χ2n) is 4.60. The minimum atomic E-state index is -0.966. The van der Waals surface area contributed by atoms with Crippen LogP contribution in [0.15, 0.2) is 12.1 Å². The molecule has 0 unspecified atom stereocenters. The maximum Gasteiger partial charge on any atom is 0.254 e. The Morgan fingerprint density at radius 1 is 1.39 bits per heavy atom. The zero-order chi connectivity index (χ0) is 13.3. The van der Waals surface area contributed by atoms with E-state index in [0.29, 0.717) is 18.9 Å². The van der Waals surface area contributed by atoms with E-state index < -0.39 is 23.1 Å². The number of amides is 1. The molecule has 1 aromatic rings. The summed E-state index contributed by atoms with van der Waals surface area (Å²) < 4.78 is 26.4. The van der Waals surface area contributed by atoms with Gasteiger partial charge in [-0.2, -0.15) is 0 Å². The van der Waals surface area contributed by atoms with Gasteiger partial charge >= 0.3 is 0 Å². The third-order valence-corrected chi connectivity index (χ3v) is 3.32. The fourth-order valence-electron chi connectivity index (χ4n) is 1.97. The summed E-state index contributed by atoms with van der Waals surface area (Å²) >= 11 is 0. The van der Waals surface area contributed by atoms with Gasteiger partial charge in [-0.25, -0.2) is 8.78 Å². The van der Waals surface area contributed by atoms with Gasteiger partial charge in [0.25, 0.3) is 5.91 Å². The third kappa shape index (κ3) is 2.15. The second kappa shape index (κ2) is 4.53. The van der Waals surface area contributed by atoms with Crippen LogP contribution >= 0.6 is 0 Å². The van der Waals surface area contributed by atoms with Crippen molar-refractivity contribution in [2.24, 2.45) is 0 Å². The summed E-state index contributed by atoms with van der Waals surface area (Å²) in [7, 11) is 0. The molecule has 0 heterocycles. The summed E-state index contributed by atoms with van der Waals surface area (Å²) in [5.74, 6) is -2.55. The first-order chi connectivity index (χ1) is 8.47. The lowest BCUT2D eigenvalue weighted by atomic mass is 9.77. The molecule has 98 valence electrons. The Labute approximate surface area is 103 Å². The van der Waals surface area contributed by atoms with Crippen molar-refractivity contribution >= 4 is 11.6 Å². The molecule has 0 saturated heterocycles. The van der Waals surface area contributed by atoms with E-state index in [1.165, 1.54) is 0 Å². The molecule has 1 saturated carbocycles. The van der Waals surface area contributed by atoms with Crippen LogP contribution in [0.3, 0.4) is 0 Å². The van der Waals surface area contributed by atoms with Crippen LogP contribution in [0.4, 0.5) is 14.5 Å². The van der Waals surface area contributed by atoms with Crippen molar-refractivity contribution in [1.29, 1.82) is 0 Å². The zero-order valence-corrected chi connectivity index (χ0v) is 9.67. The van der Waals surface area contributed by atoms with E-state index in [9.17, 15) is 18.7 Å². The monoisotopic (exact) mass is 256 g/mol. The van der Waals surface area contributed by atoms with Crippen molar-refractivity contribution in [1.82, 2.24) is 5.32 Å². The highest BCUT2D eigenvalue weighted by molar-refractivity contribution is 5.95. The first-order valence-corrected chi connectivity index (χ1v) is 5.65. The first kappa shape index (κ1) is 12.8. The number of aliphatic hydroxyl groups is 1. The number of rotatable bonds is 3. The molecular formula is C12H14F2N2O2. The molecule has 0 radical (unpaired) electrons. The van der Waals surface area contributed by atoms with Gasteiger partial charge in [-0.3, -0.25) is 4.79 Å². The van der Waals surface area contributed by atoms with Crippen LogP contribution in [0.1, 0.15) is 29.6 Å². The van der Waals surface area contributed by atoms with Gasteiger partial charge in [0.05, 0.1) is 23.4 Å². The van der Waals surface area contributed by atoms with E-state index in [4.69, 9.17) is 5.73 Å². The number of anilines is 1. The number of hydrogen-bond acceptors (Lipinski definition) is 3. The fraction of sp³-hybridized carbons (Fsp3) is 0.417. The Hall–Kier alpha value is -1.69. The number of carbonyl (C=O) groups excluding carboxylic acids is 1.